The number of fused-ring (bicyclic) bond motifs is 2. The Labute approximate surface area is 117 Å². The van der Waals surface area contributed by atoms with Crippen LogP contribution in [0.25, 0.3) is 0 Å². The Morgan fingerprint density at radius 1 is 1.35 bits per heavy atom. The molecule has 3 atom stereocenters. The predicted molar refractivity (Wildman–Crippen MR) is 72.0 cm³/mol. The lowest BCUT2D eigenvalue weighted by molar-refractivity contribution is 0.312. The third kappa shape index (κ3) is 1.53. The zero-order chi connectivity index (χ0) is 14.4. The largest absolute Gasteiger partial charge is 0.411 e. The maximum absolute atomic E-state index is 12.9. The molecule has 0 radical (unpaired) electrons. The Bertz CT molecular complexity index is 706. The summed E-state index contributed by atoms with van der Waals surface area (Å²) in [6.45, 7) is 0. The van der Waals surface area contributed by atoms with Crippen molar-refractivity contribution in [3.8, 4) is 6.07 Å². The van der Waals surface area contributed by atoms with Crippen LogP contribution in [-0.4, -0.2) is 24.1 Å². The molecule has 2 bridgehead atoms. The van der Waals surface area contributed by atoms with Gasteiger partial charge in [-0.15, -0.1) is 0 Å². The number of oxime groups is 1. The molecule has 6 heteroatoms. The van der Waals surface area contributed by atoms with E-state index in [9.17, 15) is 13.7 Å². The van der Waals surface area contributed by atoms with Crippen LogP contribution in [0.3, 0.4) is 0 Å². The summed E-state index contributed by atoms with van der Waals surface area (Å²) in [6.07, 6.45) is 1.53. The molecule has 2 saturated carbocycles. The highest BCUT2D eigenvalue weighted by Crippen LogP contribution is 2.54. The number of sulfone groups is 1. The molecule has 1 N–H and O–H groups in total. The van der Waals surface area contributed by atoms with E-state index in [1.54, 1.807) is 18.2 Å². The lowest BCUT2D eigenvalue weighted by Crippen LogP contribution is -2.45. The van der Waals surface area contributed by atoms with Crippen molar-refractivity contribution in [3.63, 3.8) is 0 Å². The number of nitriles is 1. The minimum atomic E-state index is -3.78. The number of nitrogens with zero attached hydrogens (tertiary/aromatic N) is 2. The van der Waals surface area contributed by atoms with Crippen LogP contribution in [0.5, 0.6) is 0 Å². The lowest BCUT2D eigenvalue weighted by Gasteiger charge is -2.30. The van der Waals surface area contributed by atoms with Gasteiger partial charge in [-0.05, 0) is 37.3 Å². The van der Waals surface area contributed by atoms with E-state index in [4.69, 9.17) is 5.21 Å². The molecule has 0 heterocycles. The highest BCUT2D eigenvalue weighted by atomic mass is 32.2. The van der Waals surface area contributed by atoms with Gasteiger partial charge >= 0.3 is 0 Å². The molecule has 1 aromatic rings. The molecular formula is C14H14N2O3S. The molecule has 3 rings (SSSR count). The maximum atomic E-state index is 12.9. The molecular weight excluding hydrogens is 276 g/mol. The first-order valence-electron chi connectivity index (χ1n) is 6.47. The zero-order valence-corrected chi connectivity index (χ0v) is 11.5. The minimum Gasteiger partial charge on any atom is -0.411 e. The minimum absolute atomic E-state index is 0.115. The summed E-state index contributed by atoms with van der Waals surface area (Å²) in [4.78, 5) is 0.159. The van der Waals surface area contributed by atoms with Crippen LogP contribution in [0, 0.1) is 23.2 Å². The lowest BCUT2D eigenvalue weighted by atomic mass is 9.87. The molecule has 2 aliphatic carbocycles. The van der Waals surface area contributed by atoms with Gasteiger partial charge in [0.05, 0.1) is 16.7 Å². The molecule has 0 saturated heterocycles. The summed E-state index contributed by atoms with van der Waals surface area (Å²) in [5, 5.41) is 21.8. The Balaban J connectivity index is 2.15. The van der Waals surface area contributed by atoms with Gasteiger partial charge in [-0.3, -0.25) is 0 Å². The van der Waals surface area contributed by atoms with Gasteiger partial charge in [-0.1, -0.05) is 23.4 Å². The third-order valence-corrected chi connectivity index (χ3v) is 6.87. The van der Waals surface area contributed by atoms with Crippen molar-refractivity contribution in [2.45, 2.75) is 28.9 Å². The standard InChI is InChI=1S/C14H14N2O3S/c15-9-14(8-10-6-12(14)13(7-10)16-17)20(18,19)11-4-2-1-3-5-11/h1-5,10,12,17H,6-8H2/b16-13+. The second-order valence-corrected chi connectivity index (χ2v) is 7.68. The SMILES string of the molecule is N#CC1(S(=O)(=O)c2ccccc2)CC2C/C(=N\O)C1C2. The average molecular weight is 290 g/mol. The van der Waals surface area contributed by atoms with E-state index in [0.717, 1.165) is 0 Å². The summed E-state index contributed by atoms with van der Waals surface area (Å²) in [5.41, 5.74) is 0.447. The number of hydrogen-bond acceptors (Lipinski definition) is 5. The number of rotatable bonds is 2. The van der Waals surface area contributed by atoms with Crippen molar-refractivity contribution in [1.82, 2.24) is 0 Å². The summed E-state index contributed by atoms with van der Waals surface area (Å²) < 4.78 is 24.3. The zero-order valence-electron chi connectivity index (χ0n) is 10.7. The predicted octanol–water partition coefficient (Wildman–Crippen LogP) is 1.98. The summed E-state index contributed by atoms with van der Waals surface area (Å²) in [7, 11) is -3.78. The molecule has 0 spiro atoms. The Morgan fingerprint density at radius 3 is 2.60 bits per heavy atom. The van der Waals surface area contributed by atoms with Crippen molar-refractivity contribution in [1.29, 1.82) is 5.26 Å². The van der Waals surface area contributed by atoms with E-state index in [1.165, 1.54) is 12.1 Å². The second-order valence-electron chi connectivity index (χ2n) is 5.47. The highest BCUT2D eigenvalue weighted by molar-refractivity contribution is 7.93. The summed E-state index contributed by atoms with van der Waals surface area (Å²) >= 11 is 0. The monoisotopic (exact) mass is 290 g/mol. The van der Waals surface area contributed by atoms with Gasteiger partial charge < -0.3 is 5.21 Å². The first kappa shape index (κ1) is 13.1. The molecule has 2 aliphatic rings. The molecule has 0 aromatic heterocycles. The fraction of sp³-hybridized carbons (Fsp3) is 0.429. The quantitative estimate of drug-likeness (QED) is 0.666. The third-order valence-electron chi connectivity index (χ3n) is 4.47. The molecule has 2 fully saturated rings. The topological polar surface area (TPSA) is 90.5 Å². The van der Waals surface area contributed by atoms with Crippen molar-refractivity contribution in [2.24, 2.45) is 17.0 Å². The summed E-state index contributed by atoms with van der Waals surface area (Å²) in [6, 6.07) is 10.1. The van der Waals surface area contributed by atoms with Gasteiger partial charge in [0.1, 0.15) is 0 Å². The van der Waals surface area contributed by atoms with E-state index in [-0.39, 0.29) is 10.8 Å². The van der Waals surface area contributed by atoms with Crippen LogP contribution < -0.4 is 0 Å². The molecule has 0 aliphatic heterocycles. The van der Waals surface area contributed by atoms with Gasteiger partial charge in [0.25, 0.3) is 0 Å². The van der Waals surface area contributed by atoms with Crippen LogP contribution in [-0.2, 0) is 9.84 Å². The normalized spacial score (nSPS) is 34.2. The Morgan fingerprint density at radius 2 is 2.05 bits per heavy atom. The van der Waals surface area contributed by atoms with E-state index < -0.39 is 20.5 Å². The highest BCUT2D eigenvalue weighted by Gasteiger charge is 2.62. The van der Waals surface area contributed by atoms with Crippen molar-refractivity contribution >= 4 is 15.5 Å². The van der Waals surface area contributed by atoms with E-state index in [2.05, 4.69) is 5.16 Å². The van der Waals surface area contributed by atoms with E-state index >= 15 is 0 Å². The van der Waals surface area contributed by atoms with Gasteiger partial charge in [0, 0.05) is 5.92 Å². The first-order valence-corrected chi connectivity index (χ1v) is 7.95. The molecule has 0 amide bonds. The van der Waals surface area contributed by atoms with Gasteiger partial charge in [-0.2, -0.15) is 5.26 Å². The molecule has 104 valence electrons. The van der Waals surface area contributed by atoms with Gasteiger partial charge in [0.15, 0.2) is 14.6 Å². The Hall–Kier alpha value is -1.87. The fourth-order valence-corrected chi connectivity index (χ4v) is 5.70. The molecule has 3 unspecified atom stereocenters. The fourth-order valence-electron chi connectivity index (χ4n) is 3.58. The van der Waals surface area contributed by atoms with Crippen molar-refractivity contribution in [3.05, 3.63) is 30.3 Å². The second kappa shape index (κ2) is 4.32. The van der Waals surface area contributed by atoms with E-state index in [0.29, 0.717) is 25.0 Å². The van der Waals surface area contributed by atoms with Gasteiger partial charge in [0.2, 0.25) is 0 Å². The summed E-state index contributed by atoms with van der Waals surface area (Å²) in [5.74, 6) is -0.378. The van der Waals surface area contributed by atoms with Crippen molar-refractivity contribution in [2.75, 3.05) is 0 Å². The first-order chi connectivity index (χ1) is 9.55. The van der Waals surface area contributed by atoms with Crippen LogP contribution in [0.4, 0.5) is 0 Å². The Kier molecular flexibility index (Phi) is 2.83. The van der Waals surface area contributed by atoms with Crippen LogP contribution in [0.2, 0.25) is 0 Å². The van der Waals surface area contributed by atoms with Crippen LogP contribution in [0.1, 0.15) is 19.3 Å². The smallest absolute Gasteiger partial charge is 0.198 e. The van der Waals surface area contributed by atoms with Crippen molar-refractivity contribution < 1.29 is 13.6 Å². The number of benzene rings is 1. The molecule has 5 nitrogen and oxygen atoms in total. The molecule has 1 aromatic carbocycles. The van der Waals surface area contributed by atoms with Crippen LogP contribution >= 0.6 is 0 Å². The number of hydrogen-bond donors (Lipinski definition) is 1. The van der Waals surface area contributed by atoms with Crippen LogP contribution in [0.15, 0.2) is 40.4 Å². The van der Waals surface area contributed by atoms with Gasteiger partial charge in [-0.25, -0.2) is 8.42 Å². The van der Waals surface area contributed by atoms with E-state index in [1.807, 2.05) is 6.07 Å². The average Bonchev–Trinajstić information content (AvgIpc) is 3.06. The molecule has 20 heavy (non-hydrogen) atoms. The maximum Gasteiger partial charge on any atom is 0.198 e.